The van der Waals surface area contributed by atoms with Crippen LogP contribution in [0.5, 0.6) is 0 Å². The molecule has 1 atom stereocenters. The Morgan fingerprint density at radius 3 is 2.39 bits per heavy atom. The number of carbonyl (C=O) groups is 2. The molecule has 0 radical (unpaired) electrons. The zero-order valence-electron chi connectivity index (χ0n) is 11.4. The minimum absolute atomic E-state index is 0.0883. The van der Waals surface area contributed by atoms with Gasteiger partial charge in [0.15, 0.2) is 0 Å². The predicted molar refractivity (Wildman–Crippen MR) is 70.2 cm³/mol. The van der Waals surface area contributed by atoms with Crippen LogP contribution < -0.4 is 5.32 Å². The van der Waals surface area contributed by atoms with Crippen molar-refractivity contribution in [3.8, 4) is 0 Å². The molecule has 0 aromatic rings. The molecule has 1 aliphatic rings. The SMILES string of the molecule is CCCC(C)C(=O)NCC1CCC(C(=O)O)CC1. The average molecular weight is 255 g/mol. The van der Waals surface area contributed by atoms with Crippen LogP contribution in [0.1, 0.15) is 52.4 Å². The number of rotatable bonds is 6. The van der Waals surface area contributed by atoms with Crippen LogP contribution in [0, 0.1) is 17.8 Å². The Morgan fingerprint density at radius 1 is 1.28 bits per heavy atom. The Morgan fingerprint density at radius 2 is 1.89 bits per heavy atom. The summed E-state index contributed by atoms with van der Waals surface area (Å²) >= 11 is 0. The van der Waals surface area contributed by atoms with Gasteiger partial charge in [0.25, 0.3) is 0 Å². The van der Waals surface area contributed by atoms with E-state index in [-0.39, 0.29) is 17.7 Å². The van der Waals surface area contributed by atoms with E-state index in [0.29, 0.717) is 12.5 Å². The van der Waals surface area contributed by atoms with E-state index < -0.39 is 5.97 Å². The van der Waals surface area contributed by atoms with Crippen molar-refractivity contribution in [1.82, 2.24) is 5.32 Å². The third kappa shape index (κ3) is 4.67. The summed E-state index contributed by atoms with van der Waals surface area (Å²) in [6.45, 7) is 4.75. The van der Waals surface area contributed by atoms with Crippen molar-refractivity contribution in [2.45, 2.75) is 52.4 Å². The number of amides is 1. The first-order valence-corrected chi connectivity index (χ1v) is 7.05. The van der Waals surface area contributed by atoms with E-state index in [1.807, 2.05) is 6.92 Å². The lowest BCUT2D eigenvalue weighted by molar-refractivity contribution is -0.143. The fraction of sp³-hybridized carbons (Fsp3) is 0.857. The molecule has 4 nitrogen and oxygen atoms in total. The summed E-state index contributed by atoms with van der Waals surface area (Å²) in [4.78, 5) is 22.6. The van der Waals surface area contributed by atoms with E-state index in [4.69, 9.17) is 5.11 Å². The monoisotopic (exact) mass is 255 g/mol. The molecule has 0 spiro atoms. The van der Waals surface area contributed by atoms with Gasteiger partial charge in [0.1, 0.15) is 0 Å². The normalized spacial score (nSPS) is 25.4. The first-order valence-electron chi connectivity index (χ1n) is 7.05. The summed E-state index contributed by atoms with van der Waals surface area (Å²) in [5.74, 6) is -0.161. The predicted octanol–water partition coefficient (Wildman–Crippen LogP) is 2.43. The van der Waals surface area contributed by atoms with Crippen molar-refractivity contribution in [2.24, 2.45) is 17.8 Å². The number of hydrogen-bond acceptors (Lipinski definition) is 2. The first-order chi connectivity index (χ1) is 8.54. The Bertz CT molecular complexity index is 283. The van der Waals surface area contributed by atoms with Gasteiger partial charge in [-0.25, -0.2) is 0 Å². The molecule has 104 valence electrons. The van der Waals surface area contributed by atoms with Crippen LogP contribution in [0.4, 0.5) is 0 Å². The zero-order chi connectivity index (χ0) is 13.5. The molecule has 2 N–H and O–H groups in total. The Balaban J connectivity index is 2.21. The molecule has 1 aliphatic carbocycles. The molecule has 1 rings (SSSR count). The van der Waals surface area contributed by atoms with Gasteiger partial charge in [-0.3, -0.25) is 9.59 Å². The van der Waals surface area contributed by atoms with Crippen molar-refractivity contribution in [1.29, 1.82) is 0 Å². The standard InChI is InChI=1S/C14H25NO3/c1-3-4-10(2)13(16)15-9-11-5-7-12(8-6-11)14(17)18/h10-12H,3-9H2,1-2H3,(H,15,16)(H,17,18). The Hall–Kier alpha value is -1.06. The van der Waals surface area contributed by atoms with Crippen molar-refractivity contribution >= 4 is 11.9 Å². The first kappa shape index (κ1) is 15.0. The summed E-state index contributed by atoms with van der Waals surface area (Å²) in [6, 6.07) is 0. The fourth-order valence-corrected chi connectivity index (χ4v) is 2.60. The Labute approximate surface area is 109 Å². The van der Waals surface area contributed by atoms with Gasteiger partial charge in [-0.05, 0) is 38.0 Å². The lowest BCUT2D eigenvalue weighted by Gasteiger charge is -2.26. The van der Waals surface area contributed by atoms with Gasteiger partial charge in [-0.2, -0.15) is 0 Å². The lowest BCUT2D eigenvalue weighted by Crippen LogP contribution is -2.35. The van der Waals surface area contributed by atoms with E-state index >= 15 is 0 Å². The van der Waals surface area contributed by atoms with Crippen LogP contribution in [-0.2, 0) is 9.59 Å². The highest BCUT2D eigenvalue weighted by Gasteiger charge is 2.26. The second-order valence-corrected chi connectivity index (χ2v) is 5.49. The largest absolute Gasteiger partial charge is 0.481 e. The Kier molecular flexibility index (Phi) is 6.16. The van der Waals surface area contributed by atoms with Gasteiger partial charge in [-0.1, -0.05) is 20.3 Å². The molecule has 0 aliphatic heterocycles. The summed E-state index contributed by atoms with van der Waals surface area (Å²) in [5, 5.41) is 11.9. The second kappa shape index (κ2) is 7.39. The van der Waals surface area contributed by atoms with Crippen molar-refractivity contribution in [2.75, 3.05) is 6.54 Å². The number of hydrogen-bond donors (Lipinski definition) is 2. The highest BCUT2D eigenvalue weighted by atomic mass is 16.4. The van der Waals surface area contributed by atoms with Crippen LogP contribution >= 0.6 is 0 Å². The van der Waals surface area contributed by atoms with Gasteiger partial charge in [-0.15, -0.1) is 0 Å². The van der Waals surface area contributed by atoms with Crippen molar-refractivity contribution in [3.63, 3.8) is 0 Å². The van der Waals surface area contributed by atoms with Crippen LogP contribution in [0.2, 0.25) is 0 Å². The number of carboxylic acids is 1. The number of carbonyl (C=O) groups excluding carboxylic acids is 1. The van der Waals surface area contributed by atoms with Crippen LogP contribution in [0.3, 0.4) is 0 Å². The smallest absolute Gasteiger partial charge is 0.306 e. The molecule has 18 heavy (non-hydrogen) atoms. The second-order valence-electron chi connectivity index (χ2n) is 5.49. The molecular weight excluding hydrogens is 230 g/mol. The maximum atomic E-state index is 11.7. The summed E-state index contributed by atoms with van der Waals surface area (Å²) in [5.41, 5.74) is 0. The van der Waals surface area contributed by atoms with E-state index in [1.165, 1.54) is 0 Å². The highest BCUT2D eigenvalue weighted by molar-refractivity contribution is 5.78. The molecule has 1 unspecified atom stereocenters. The molecular formula is C14H25NO3. The van der Waals surface area contributed by atoms with Crippen molar-refractivity contribution in [3.05, 3.63) is 0 Å². The van der Waals surface area contributed by atoms with Crippen LogP contribution in [0.15, 0.2) is 0 Å². The van der Waals surface area contributed by atoms with E-state index in [1.54, 1.807) is 0 Å². The highest BCUT2D eigenvalue weighted by Crippen LogP contribution is 2.28. The maximum absolute atomic E-state index is 11.7. The molecule has 1 saturated carbocycles. The molecule has 0 aromatic carbocycles. The summed E-state index contributed by atoms with van der Waals surface area (Å²) in [6.07, 6.45) is 5.29. The molecule has 0 bridgehead atoms. The lowest BCUT2D eigenvalue weighted by atomic mass is 9.82. The third-order valence-electron chi connectivity index (χ3n) is 3.93. The number of aliphatic carboxylic acids is 1. The third-order valence-corrected chi connectivity index (χ3v) is 3.93. The van der Waals surface area contributed by atoms with Gasteiger partial charge in [0, 0.05) is 12.5 Å². The van der Waals surface area contributed by atoms with Gasteiger partial charge in [0.05, 0.1) is 5.92 Å². The number of carboxylic acid groups (broad SMARTS) is 1. The molecule has 0 heterocycles. The van der Waals surface area contributed by atoms with E-state index in [9.17, 15) is 9.59 Å². The molecule has 4 heteroatoms. The molecule has 1 fully saturated rings. The van der Waals surface area contributed by atoms with Crippen LogP contribution in [-0.4, -0.2) is 23.5 Å². The van der Waals surface area contributed by atoms with E-state index in [0.717, 1.165) is 38.5 Å². The maximum Gasteiger partial charge on any atom is 0.306 e. The molecule has 0 saturated heterocycles. The zero-order valence-corrected chi connectivity index (χ0v) is 11.4. The van der Waals surface area contributed by atoms with E-state index in [2.05, 4.69) is 12.2 Å². The summed E-state index contributed by atoms with van der Waals surface area (Å²) < 4.78 is 0. The quantitative estimate of drug-likeness (QED) is 0.766. The fourth-order valence-electron chi connectivity index (χ4n) is 2.60. The summed E-state index contributed by atoms with van der Waals surface area (Å²) in [7, 11) is 0. The molecule has 1 amide bonds. The average Bonchev–Trinajstić information content (AvgIpc) is 2.36. The van der Waals surface area contributed by atoms with Gasteiger partial charge in [0.2, 0.25) is 5.91 Å². The molecule has 0 aromatic heterocycles. The topological polar surface area (TPSA) is 66.4 Å². The van der Waals surface area contributed by atoms with Gasteiger partial charge < -0.3 is 10.4 Å². The minimum atomic E-state index is -0.672. The van der Waals surface area contributed by atoms with Gasteiger partial charge >= 0.3 is 5.97 Å². The van der Waals surface area contributed by atoms with Crippen molar-refractivity contribution < 1.29 is 14.7 Å². The number of nitrogens with one attached hydrogen (secondary N) is 1. The minimum Gasteiger partial charge on any atom is -0.481 e. The van der Waals surface area contributed by atoms with Crippen LogP contribution in [0.25, 0.3) is 0 Å².